The number of nitrogens with two attached hydrogens (primary N) is 4. The van der Waals surface area contributed by atoms with Crippen molar-refractivity contribution >= 4 is 76.7 Å². The molecule has 3 rings (SSSR count). The van der Waals surface area contributed by atoms with Crippen LogP contribution in [0.5, 0.6) is 0 Å². The number of hydrogen-bond acceptors (Lipinski definition) is 20. The molecular weight excluding hydrogens is 1210 g/mol. The van der Waals surface area contributed by atoms with Crippen LogP contribution in [0, 0.1) is 5.92 Å². The highest BCUT2D eigenvalue weighted by Gasteiger charge is 2.38. The van der Waals surface area contributed by atoms with Crippen molar-refractivity contribution in [1.82, 2.24) is 69.1 Å². The average Bonchev–Trinajstić information content (AvgIpc) is 1.49. The minimum absolute atomic E-state index is 0. The van der Waals surface area contributed by atoms with Crippen LogP contribution in [0.1, 0.15) is 129 Å². The second kappa shape index (κ2) is 42.3. The molecule has 1 aromatic carbocycles. The molecule has 2 saturated heterocycles. The molecule has 0 radical (unpaired) electrons. The van der Waals surface area contributed by atoms with E-state index in [1.165, 1.54) is 6.92 Å². The van der Waals surface area contributed by atoms with Gasteiger partial charge in [-0.3, -0.25) is 67.8 Å². The van der Waals surface area contributed by atoms with Gasteiger partial charge in [-0.05, 0) is 115 Å². The summed E-state index contributed by atoms with van der Waals surface area (Å²) < 4.78 is 0. The highest BCUT2D eigenvalue weighted by Crippen LogP contribution is 2.15. The molecule has 93 heavy (non-hydrogen) atoms. The van der Waals surface area contributed by atoms with E-state index in [-0.39, 0.29) is 108 Å². The summed E-state index contributed by atoms with van der Waals surface area (Å²) in [5, 5.41) is 66.6. The molecule has 33 heteroatoms. The number of amides is 11. The van der Waals surface area contributed by atoms with E-state index in [0.29, 0.717) is 37.8 Å². The maximum Gasteiger partial charge on any atom is 0.245 e. The van der Waals surface area contributed by atoms with Crippen LogP contribution in [-0.2, 0) is 64.0 Å². The van der Waals surface area contributed by atoms with Gasteiger partial charge in [0, 0.05) is 31.3 Å². The SMILES string of the molecule is CCCNCC(=O)NC1CCCC(C(=O)NC(C(=O)CNC2CCCC(CN)NC(=O)C(C(C)CC)NC(=O)C(CCCCN)NC(=O)C(CO)NC2=O)C(C)O)NC(=O)C(C(C)O)NC(=O)CNC(=O)C(Cc2ccccc2)NC(=O)C(CCCN=C(N)N)NC1=O.[HH].[HH].[HH].[HH]. The Hall–Kier alpha value is -7.95. The Kier molecular flexibility index (Phi) is 36.1. The Morgan fingerprint density at radius 3 is 1.89 bits per heavy atom. The van der Waals surface area contributed by atoms with Gasteiger partial charge < -0.3 is 102 Å². The highest BCUT2D eigenvalue weighted by atomic mass is 16.3. The first kappa shape index (κ1) is 79.3. The molecule has 0 bridgehead atoms. The zero-order valence-corrected chi connectivity index (χ0v) is 54.0. The first-order chi connectivity index (χ1) is 44.3. The number of rotatable bonds is 27. The summed E-state index contributed by atoms with van der Waals surface area (Å²) in [5.41, 5.74) is 23.5. The first-order valence-electron chi connectivity index (χ1n) is 32.0. The van der Waals surface area contributed by atoms with Crippen LogP contribution in [0.4, 0.5) is 0 Å². The molecule has 14 unspecified atom stereocenters. The van der Waals surface area contributed by atoms with Gasteiger partial charge in [0.15, 0.2) is 11.7 Å². The van der Waals surface area contributed by atoms with E-state index >= 15 is 0 Å². The number of nitrogens with zero attached hydrogens (tertiary/aromatic N) is 1. The van der Waals surface area contributed by atoms with Crippen molar-refractivity contribution < 1.29 is 78.6 Å². The summed E-state index contributed by atoms with van der Waals surface area (Å²) >= 11 is 0. The molecule has 2 aliphatic rings. The maximum absolute atomic E-state index is 14.6. The molecule has 0 spiro atoms. The fourth-order valence-electron chi connectivity index (χ4n) is 10.2. The van der Waals surface area contributed by atoms with Crippen LogP contribution < -0.4 is 92.1 Å². The highest BCUT2D eigenvalue weighted by molar-refractivity contribution is 5.99. The average molecular weight is 1320 g/mol. The monoisotopic (exact) mass is 1320 g/mol. The maximum atomic E-state index is 14.6. The third kappa shape index (κ3) is 28.4. The number of guanidine groups is 1. The van der Waals surface area contributed by atoms with E-state index in [9.17, 15) is 72.9 Å². The summed E-state index contributed by atoms with van der Waals surface area (Å²) in [6.07, 6.45) is -1.80. The van der Waals surface area contributed by atoms with E-state index in [0.717, 1.165) is 6.92 Å². The van der Waals surface area contributed by atoms with Crippen LogP contribution >= 0.6 is 0 Å². The molecule has 530 valence electrons. The predicted octanol–water partition coefficient (Wildman–Crippen LogP) is -5.99. The van der Waals surface area contributed by atoms with Crippen molar-refractivity contribution in [2.45, 2.75) is 203 Å². The summed E-state index contributed by atoms with van der Waals surface area (Å²) in [6.45, 7) is 5.82. The van der Waals surface area contributed by atoms with Gasteiger partial charge in [0.1, 0.15) is 54.4 Å². The Labute approximate surface area is 548 Å². The Balaban J connectivity index is 0. The fourth-order valence-corrected chi connectivity index (χ4v) is 10.2. The normalized spacial score (nSPS) is 25.2. The van der Waals surface area contributed by atoms with Crippen LogP contribution in [0.25, 0.3) is 0 Å². The summed E-state index contributed by atoms with van der Waals surface area (Å²) in [5.74, 6) is -11.0. The summed E-state index contributed by atoms with van der Waals surface area (Å²) in [4.78, 5) is 172. The van der Waals surface area contributed by atoms with Crippen molar-refractivity contribution in [2.24, 2.45) is 33.8 Å². The van der Waals surface area contributed by atoms with Gasteiger partial charge in [-0.25, -0.2) is 0 Å². The number of carbonyl (C=O) groups excluding carboxylic acids is 12. The number of carbonyl (C=O) groups is 12. The van der Waals surface area contributed by atoms with E-state index in [4.69, 9.17) is 22.9 Å². The molecule has 14 atom stereocenters. The minimum atomic E-state index is -1.80. The van der Waals surface area contributed by atoms with Crippen LogP contribution in [-0.4, -0.2) is 223 Å². The fraction of sp³-hybridized carbons (Fsp3) is 0.683. The zero-order chi connectivity index (χ0) is 69.2. The molecular formula is C60H110N18O15. The number of aliphatic hydroxyl groups excluding tert-OH is 3. The number of aliphatic imine (C=N–C) groups is 1. The van der Waals surface area contributed by atoms with E-state index in [1.54, 1.807) is 37.3 Å². The van der Waals surface area contributed by atoms with Gasteiger partial charge >= 0.3 is 0 Å². The number of hydrogen-bond donors (Lipinski definition) is 20. The Bertz CT molecular complexity index is 2670. The lowest BCUT2D eigenvalue weighted by Gasteiger charge is -2.30. The summed E-state index contributed by atoms with van der Waals surface area (Å²) in [7, 11) is 0. The van der Waals surface area contributed by atoms with E-state index in [1.807, 2.05) is 13.8 Å². The topological polar surface area (TPSA) is 538 Å². The Morgan fingerprint density at radius 2 is 1.27 bits per heavy atom. The lowest BCUT2D eigenvalue weighted by molar-refractivity contribution is -0.136. The van der Waals surface area contributed by atoms with Crippen molar-refractivity contribution in [2.75, 3.05) is 52.4 Å². The minimum Gasteiger partial charge on any atom is -0.394 e. The number of unbranched alkanes of at least 4 members (excludes halogenated alkanes) is 1. The van der Waals surface area contributed by atoms with Crippen molar-refractivity contribution in [3.8, 4) is 0 Å². The van der Waals surface area contributed by atoms with Gasteiger partial charge in [0.05, 0.1) is 44.5 Å². The van der Waals surface area contributed by atoms with Gasteiger partial charge in [-0.2, -0.15) is 0 Å². The molecule has 33 nitrogen and oxygen atoms in total. The third-order valence-electron chi connectivity index (χ3n) is 15.8. The number of benzene rings is 1. The van der Waals surface area contributed by atoms with Gasteiger partial charge in [-0.1, -0.05) is 57.5 Å². The van der Waals surface area contributed by atoms with Gasteiger partial charge in [-0.15, -0.1) is 0 Å². The van der Waals surface area contributed by atoms with Crippen molar-refractivity contribution in [3.63, 3.8) is 0 Å². The standard InChI is InChI=1S/C60H102N18O15.4H2/c1-6-25-65-30-46(83)70-39-21-14-22-41(73-59(93)50(35(5)81)76-47(84)31-68-51(85)43(27-36-16-9-8-10-17-36)74-54(88)42(71-53(39)87)23-15-26-66-60(63)64)56(90)78-49(34(4)80)45(82)29-67-38-20-13-18-37(28-62)69-58(92)48(33(3)7-2)77-55(89)40(19-11-12-24-61)72-57(91)44(32-79)75-52(38)86;;;;/h8-10,16-17,33-35,37-44,48-50,65,67,79-81H,6-7,11-15,18-32,61-62H2,1-5H3,(H,68,85)(H,69,92)(H,70,83)(H,71,87)(H,72,91)(H,73,93)(H,74,88)(H,75,86)(H,76,84)(H,77,89)(H,78,90)(H4,63,64,66);4*1H. The number of aliphatic hydroxyl groups is 3. The molecule has 0 saturated carbocycles. The predicted molar refractivity (Wildman–Crippen MR) is 350 cm³/mol. The van der Waals surface area contributed by atoms with E-state index in [2.05, 4.69) is 74.1 Å². The number of nitrogens with one attached hydrogen (secondary N) is 13. The molecule has 1 aromatic rings. The molecule has 24 N–H and O–H groups in total. The molecule has 2 heterocycles. The van der Waals surface area contributed by atoms with Crippen molar-refractivity contribution in [1.29, 1.82) is 0 Å². The lowest BCUT2D eigenvalue weighted by atomic mass is 9.96. The molecule has 0 aromatic heterocycles. The molecule has 2 aliphatic heterocycles. The summed E-state index contributed by atoms with van der Waals surface area (Å²) in [6, 6.07) is -6.77. The molecule has 11 amide bonds. The van der Waals surface area contributed by atoms with Crippen molar-refractivity contribution in [3.05, 3.63) is 35.9 Å². The van der Waals surface area contributed by atoms with Crippen LogP contribution in [0.15, 0.2) is 35.3 Å². The Morgan fingerprint density at radius 1 is 0.667 bits per heavy atom. The quantitative estimate of drug-likeness (QED) is 0.0221. The van der Waals surface area contributed by atoms with Crippen LogP contribution in [0.3, 0.4) is 0 Å². The second-order valence-electron chi connectivity index (χ2n) is 23.5. The van der Waals surface area contributed by atoms with Crippen LogP contribution in [0.2, 0.25) is 0 Å². The zero-order valence-electron chi connectivity index (χ0n) is 54.0. The lowest BCUT2D eigenvalue weighted by Crippen LogP contribution is -2.61. The number of Topliss-reactive ketones (excluding diaryl/α,β-unsaturated/α-hetero) is 1. The number of ketones is 1. The smallest absolute Gasteiger partial charge is 0.245 e. The third-order valence-corrected chi connectivity index (χ3v) is 15.8. The van der Waals surface area contributed by atoms with Gasteiger partial charge in [0.2, 0.25) is 65.0 Å². The first-order valence-corrected chi connectivity index (χ1v) is 32.0. The van der Waals surface area contributed by atoms with Gasteiger partial charge in [0.25, 0.3) is 0 Å². The molecule has 2 fully saturated rings. The second-order valence-corrected chi connectivity index (χ2v) is 23.5. The largest absolute Gasteiger partial charge is 0.394 e. The van der Waals surface area contributed by atoms with E-state index < -0.39 is 169 Å². The molecule has 0 aliphatic carbocycles.